The third kappa shape index (κ3) is 4.89. The van der Waals surface area contributed by atoms with Crippen LogP contribution in [0.15, 0.2) is 48.5 Å². The Morgan fingerprint density at radius 1 is 1.06 bits per heavy atom. The molecule has 1 amide bonds. The van der Waals surface area contributed by atoms with Gasteiger partial charge in [0.15, 0.2) is 12.2 Å². The van der Waals surface area contributed by atoms with Gasteiger partial charge in [-0.25, -0.2) is 9.63 Å². The van der Waals surface area contributed by atoms with Crippen LogP contribution in [0.1, 0.15) is 42.4 Å². The van der Waals surface area contributed by atoms with Crippen molar-refractivity contribution in [3.63, 3.8) is 0 Å². The highest BCUT2D eigenvalue weighted by Gasteiger charge is 2.62. The maximum atomic E-state index is 13.2. The van der Waals surface area contributed by atoms with Crippen LogP contribution in [0.4, 0.5) is 10.5 Å². The van der Waals surface area contributed by atoms with Crippen LogP contribution in [0.3, 0.4) is 0 Å². The zero-order valence-corrected chi connectivity index (χ0v) is 21.9. The summed E-state index contributed by atoms with van der Waals surface area (Å²) in [4.78, 5) is 21.2. The Hall–Kier alpha value is -2.46. The second-order valence-electron chi connectivity index (χ2n) is 10.5. The molecule has 2 N–H and O–H groups in total. The molecule has 3 aliphatic rings. The van der Waals surface area contributed by atoms with Gasteiger partial charge in [-0.2, -0.15) is 8.42 Å². The molecule has 3 aliphatic heterocycles. The molecular weight excluding hydrogens is 476 g/mol. The number of hydrogen-bond donors (Lipinski definition) is 2. The Morgan fingerprint density at radius 2 is 1.72 bits per heavy atom. The van der Waals surface area contributed by atoms with Gasteiger partial charge in [0.25, 0.3) is 0 Å². The van der Waals surface area contributed by atoms with E-state index in [0.717, 1.165) is 49.9 Å². The molecule has 0 bridgehead atoms. The summed E-state index contributed by atoms with van der Waals surface area (Å²) >= 11 is 0. The molecule has 0 saturated carbocycles. The SMILES string of the molecule is CS(=O)(=O)[N+]1(OC(=O)NCCc2ccc(CN3CCCC3)cc2)CC2(CCNCC2)c2ccccc21. The summed E-state index contributed by atoms with van der Waals surface area (Å²) in [6.07, 6.45) is 5.25. The average molecular weight is 514 g/mol. The maximum absolute atomic E-state index is 13.2. The smallest absolute Gasteiger partial charge is 0.317 e. The summed E-state index contributed by atoms with van der Waals surface area (Å²) in [5, 5.41) is 6.15. The second-order valence-corrected chi connectivity index (χ2v) is 12.5. The number of quaternary nitrogens is 1. The highest BCUT2D eigenvalue weighted by Crippen LogP contribution is 2.51. The third-order valence-corrected chi connectivity index (χ3v) is 9.46. The first-order valence-corrected chi connectivity index (χ1v) is 14.8. The molecule has 0 aliphatic carbocycles. The van der Waals surface area contributed by atoms with Crippen molar-refractivity contribution in [2.24, 2.45) is 0 Å². The topological polar surface area (TPSA) is 87.7 Å². The Kier molecular flexibility index (Phi) is 7.09. The van der Waals surface area contributed by atoms with Crippen molar-refractivity contribution in [3.8, 4) is 0 Å². The minimum Gasteiger partial charge on any atom is -0.317 e. The molecule has 1 spiro atoms. The van der Waals surface area contributed by atoms with E-state index in [9.17, 15) is 13.2 Å². The van der Waals surface area contributed by atoms with E-state index in [1.165, 1.54) is 31.5 Å². The summed E-state index contributed by atoms with van der Waals surface area (Å²) < 4.78 is 25.6. The molecule has 36 heavy (non-hydrogen) atoms. The molecule has 2 aromatic carbocycles. The zero-order valence-electron chi connectivity index (χ0n) is 21.0. The van der Waals surface area contributed by atoms with E-state index >= 15 is 0 Å². The van der Waals surface area contributed by atoms with Crippen LogP contribution >= 0.6 is 0 Å². The van der Waals surface area contributed by atoms with Gasteiger partial charge in [0.2, 0.25) is 0 Å². The molecule has 8 nitrogen and oxygen atoms in total. The molecule has 2 aromatic rings. The molecule has 3 heterocycles. The molecular formula is C27H37N4O4S+. The highest BCUT2D eigenvalue weighted by molar-refractivity contribution is 7.90. The van der Waals surface area contributed by atoms with Crippen molar-refractivity contribution in [3.05, 3.63) is 65.2 Å². The van der Waals surface area contributed by atoms with E-state index in [-0.39, 0.29) is 12.0 Å². The van der Waals surface area contributed by atoms with Crippen LogP contribution in [-0.2, 0) is 33.2 Å². The Morgan fingerprint density at radius 3 is 2.42 bits per heavy atom. The standard InChI is InChI=1S/C27H36N4O4S/c1-36(33,34)31(21-27(13-16-28-17-14-27)24-6-2-3-7-25(24)31)35-26(32)29-15-12-22-8-10-23(11-9-22)20-30-18-4-5-19-30/h2-3,6-11,28H,4-5,12-21H2,1H3/p+1. The van der Waals surface area contributed by atoms with Crippen molar-refractivity contribution in [2.75, 3.05) is 45.5 Å². The van der Waals surface area contributed by atoms with Crippen LogP contribution < -0.4 is 14.7 Å². The molecule has 0 radical (unpaired) electrons. The predicted molar refractivity (Wildman–Crippen MR) is 141 cm³/mol. The number of piperidine rings is 1. The number of likely N-dealkylation sites (tertiary alicyclic amines) is 1. The number of rotatable bonds is 7. The quantitative estimate of drug-likeness (QED) is 0.554. The van der Waals surface area contributed by atoms with Crippen molar-refractivity contribution in [1.29, 1.82) is 0 Å². The number of hydroxylamine groups is 1. The lowest BCUT2D eigenvalue weighted by Gasteiger charge is -2.34. The molecule has 1 unspecified atom stereocenters. The molecule has 194 valence electrons. The van der Waals surface area contributed by atoms with E-state index in [1.807, 2.05) is 18.2 Å². The summed E-state index contributed by atoms with van der Waals surface area (Å²) in [7, 11) is -3.81. The number of hydrogen-bond acceptors (Lipinski definition) is 6. The van der Waals surface area contributed by atoms with E-state index in [0.29, 0.717) is 18.7 Å². The van der Waals surface area contributed by atoms with E-state index in [1.54, 1.807) is 6.07 Å². The minimum absolute atomic E-state index is 0.207. The fourth-order valence-electron chi connectivity index (χ4n) is 6.05. The summed E-state index contributed by atoms with van der Waals surface area (Å²) in [5.41, 5.74) is 3.60. The lowest BCUT2D eigenvalue weighted by molar-refractivity contribution is -0.0197. The number of sulfonamides is 1. The Labute approximate surface area is 214 Å². The normalized spacial score (nSPS) is 23.5. The number of benzene rings is 2. The monoisotopic (exact) mass is 513 g/mol. The average Bonchev–Trinajstić information content (AvgIpc) is 3.46. The van der Waals surface area contributed by atoms with Gasteiger partial charge in [-0.1, -0.05) is 42.5 Å². The van der Waals surface area contributed by atoms with Gasteiger partial charge in [0.05, 0.1) is 11.7 Å². The molecule has 9 heteroatoms. The number of fused-ring (bicyclic) bond motifs is 2. The van der Waals surface area contributed by atoms with Crippen molar-refractivity contribution in [2.45, 2.75) is 44.1 Å². The van der Waals surface area contributed by atoms with Gasteiger partial charge < -0.3 is 10.6 Å². The lowest BCUT2D eigenvalue weighted by Crippen LogP contribution is -2.58. The number of para-hydroxylation sites is 1. The van der Waals surface area contributed by atoms with Crippen molar-refractivity contribution >= 4 is 21.8 Å². The van der Waals surface area contributed by atoms with Gasteiger partial charge in [0.1, 0.15) is 0 Å². The molecule has 5 rings (SSSR count). The molecule has 1 atom stereocenters. The van der Waals surface area contributed by atoms with Gasteiger partial charge in [-0.3, -0.25) is 4.90 Å². The summed E-state index contributed by atoms with van der Waals surface area (Å²) in [5.74, 6) is 0. The Bertz CT molecular complexity index is 1190. The van der Waals surface area contributed by atoms with Crippen LogP contribution in [0.2, 0.25) is 0 Å². The first kappa shape index (κ1) is 25.2. The van der Waals surface area contributed by atoms with Crippen molar-refractivity contribution in [1.82, 2.24) is 19.6 Å². The second kappa shape index (κ2) is 10.1. The highest BCUT2D eigenvalue weighted by atomic mass is 32.2. The maximum Gasteiger partial charge on any atom is 0.464 e. The molecule has 2 saturated heterocycles. The van der Waals surface area contributed by atoms with Gasteiger partial charge >= 0.3 is 16.1 Å². The van der Waals surface area contributed by atoms with Gasteiger partial charge in [0, 0.05) is 28.8 Å². The minimum atomic E-state index is -3.81. The summed E-state index contributed by atoms with van der Waals surface area (Å²) in [6, 6.07) is 16.0. The number of nitrogens with zero attached hydrogens (tertiary/aromatic N) is 2. The number of amides is 1. The third-order valence-electron chi connectivity index (χ3n) is 7.99. The van der Waals surface area contributed by atoms with Gasteiger partial charge in [-0.05, 0) is 69.4 Å². The molecule has 2 fully saturated rings. The number of carbonyl (C=O) groups excluding carboxylic acids is 1. The lowest BCUT2D eigenvalue weighted by atomic mass is 9.75. The van der Waals surface area contributed by atoms with Crippen LogP contribution in [0.25, 0.3) is 0 Å². The zero-order chi connectivity index (χ0) is 25.2. The van der Waals surface area contributed by atoms with Crippen LogP contribution in [-0.4, -0.2) is 64.9 Å². The summed E-state index contributed by atoms with van der Waals surface area (Å²) in [6.45, 7) is 5.51. The van der Waals surface area contributed by atoms with E-state index < -0.39 is 20.2 Å². The van der Waals surface area contributed by atoms with E-state index in [4.69, 9.17) is 4.84 Å². The van der Waals surface area contributed by atoms with Crippen LogP contribution in [0.5, 0.6) is 0 Å². The number of nitrogens with one attached hydrogen (secondary N) is 2. The fourth-order valence-corrected chi connectivity index (χ4v) is 7.25. The predicted octanol–water partition coefficient (Wildman–Crippen LogP) is 3.07. The van der Waals surface area contributed by atoms with E-state index in [2.05, 4.69) is 39.8 Å². The van der Waals surface area contributed by atoms with Crippen molar-refractivity contribution < 1.29 is 18.0 Å². The van der Waals surface area contributed by atoms with Crippen LogP contribution in [0, 0.1) is 0 Å². The first-order chi connectivity index (χ1) is 17.3. The number of carbonyl (C=O) groups is 1. The largest absolute Gasteiger partial charge is 0.464 e. The fraction of sp³-hybridized carbons (Fsp3) is 0.519. The van der Waals surface area contributed by atoms with Gasteiger partial charge in [-0.15, -0.1) is 0 Å². The first-order valence-electron chi connectivity index (χ1n) is 13.0. The Balaban J connectivity index is 1.24. The molecule has 0 aromatic heterocycles.